The fourth-order valence-corrected chi connectivity index (χ4v) is 4.30. The molecule has 7 nitrogen and oxygen atoms in total. The van der Waals surface area contributed by atoms with Crippen LogP contribution in [0.4, 0.5) is 10.5 Å². The molecule has 2 N–H and O–H groups in total. The Morgan fingerprint density at radius 1 is 1.03 bits per heavy atom. The SMILES string of the molecule is C=Cc1cccc(C(C(=O)Nc2ccccc2C)N(C(=O)C(NC(=O)OC(C)(C)C)C(C)CC)C(C)(C)C)c1. The summed E-state index contributed by atoms with van der Waals surface area (Å²) < 4.78 is 5.48. The number of hydrogen-bond donors (Lipinski definition) is 2. The van der Waals surface area contributed by atoms with E-state index in [0.29, 0.717) is 17.7 Å². The van der Waals surface area contributed by atoms with E-state index in [9.17, 15) is 14.4 Å². The number of nitrogens with one attached hydrogen (secondary N) is 2. The lowest BCUT2D eigenvalue weighted by atomic mass is 9.91. The van der Waals surface area contributed by atoms with Crippen LogP contribution < -0.4 is 10.6 Å². The molecule has 0 aliphatic heterocycles. The van der Waals surface area contributed by atoms with Crippen molar-refractivity contribution in [3.63, 3.8) is 0 Å². The van der Waals surface area contributed by atoms with Gasteiger partial charge in [-0.15, -0.1) is 0 Å². The summed E-state index contributed by atoms with van der Waals surface area (Å²) in [6.07, 6.45) is 1.66. The summed E-state index contributed by atoms with van der Waals surface area (Å²) in [5.74, 6) is -0.930. The molecule has 0 bridgehead atoms. The van der Waals surface area contributed by atoms with Crippen molar-refractivity contribution < 1.29 is 19.1 Å². The largest absolute Gasteiger partial charge is 0.444 e. The molecule has 7 heteroatoms. The first-order valence-electron chi connectivity index (χ1n) is 13.5. The van der Waals surface area contributed by atoms with Crippen LogP contribution in [0.15, 0.2) is 55.1 Å². The molecule has 0 fully saturated rings. The molecule has 0 aliphatic carbocycles. The van der Waals surface area contributed by atoms with Crippen molar-refractivity contribution in [1.29, 1.82) is 0 Å². The van der Waals surface area contributed by atoms with Gasteiger partial charge in [-0.25, -0.2) is 4.79 Å². The van der Waals surface area contributed by atoms with Gasteiger partial charge in [-0.2, -0.15) is 0 Å². The van der Waals surface area contributed by atoms with Crippen LogP contribution in [0.5, 0.6) is 0 Å². The van der Waals surface area contributed by atoms with Crippen LogP contribution in [0.25, 0.3) is 6.08 Å². The van der Waals surface area contributed by atoms with E-state index in [1.54, 1.807) is 31.7 Å². The summed E-state index contributed by atoms with van der Waals surface area (Å²) >= 11 is 0. The second-order valence-corrected chi connectivity index (χ2v) is 12.0. The molecule has 2 rings (SSSR count). The van der Waals surface area contributed by atoms with Crippen molar-refractivity contribution in [2.24, 2.45) is 5.92 Å². The van der Waals surface area contributed by atoms with Gasteiger partial charge in [0, 0.05) is 11.2 Å². The molecule has 3 amide bonds. The van der Waals surface area contributed by atoms with Crippen molar-refractivity contribution in [2.45, 2.75) is 92.0 Å². The van der Waals surface area contributed by atoms with Crippen LogP contribution >= 0.6 is 0 Å². The highest BCUT2D eigenvalue weighted by atomic mass is 16.6. The number of para-hydroxylation sites is 1. The van der Waals surface area contributed by atoms with E-state index in [4.69, 9.17) is 4.74 Å². The van der Waals surface area contributed by atoms with Crippen molar-refractivity contribution in [3.8, 4) is 0 Å². The first-order valence-corrected chi connectivity index (χ1v) is 13.5. The second-order valence-electron chi connectivity index (χ2n) is 12.0. The monoisotopic (exact) mass is 535 g/mol. The molecule has 0 aliphatic rings. The van der Waals surface area contributed by atoms with Gasteiger partial charge in [0.05, 0.1) is 0 Å². The Labute approximate surface area is 234 Å². The van der Waals surface area contributed by atoms with Gasteiger partial charge in [-0.05, 0) is 83.2 Å². The number of benzene rings is 2. The zero-order chi connectivity index (χ0) is 29.5. The molecule has 0 heterocycles. The molecule has 212 valence electrons. The molecule has 2 aromatic carbocycles. The summed E-state index contributed by atoms with van der Waals surface area (Å²) in [6, 6.07) is 13.1. The normalized spacial score (nSPS) is 14.0. The molecule has 0 spiro atoms. The predicted octanol–water partition coefficient (Wildman–Crippen LogP) is 6.88. The number of aryl methyl sites for hydroxylation is 1. The highest BCUT2D eigenvalue weighted by Gasteiger charge is 2.43. The number of hydrogen-bond acceptors (Lipinski definition) is 4. The van der Waals surface area contributed by atoms with E-state index in [2.05, 4.69) is 17.2 Å². The highest BCUT2D eigenvalue weighted by Crippen LogP contribution is 2.33. The smallest absolute Gasteiger partial charge is 0.408 e. The van der Waals surface area contributed by atoms with E-state index in [-0.39, 0.29) is 17.7 Å². The Balaban J connectivity index is 2.66. The predicted molar refractivity (Wildman–Crippen MR) is 158 cm³/mol. The van der Waals surface area contributed by atoms with Gasteiger partial charge in [0.25, 0.3) is 5.91 Å². The Kier molecular flexibility index (Phi) is 10.5. The maximum atomic E-state index is 14.4. The second kappa shape index (κ2) is 13.0. The quantitative estimate of drug-likeness (QED) is 0.366. The summed E-state index contributed by atoms with van der Waals surface area (Å²) in [5.41, 5.74) is 1.53. The summed E-state index contributed by atoms with van der Waals surface area (Å²) in [6.45, 7) is 20.6. The highest BCUT2D eigenvalue weighted by molar-refractivity contribution is 5.99. The van der Waals surface area contributed by atoms with E-state index in [1.165, 1.54) is 0 Å². The minimum Gasteiger partial charge on any atom is -0.444 e. The van der Waals surface area contributed by atoms with Crippen molar-refractivity contribution in [1.82, 2.24) is 10.2 Å². The Morgan fingerprint density at radius 3 is 2.21 bits per heavy atom. The van der Waals surface area contributed by atoms with Gasteiger partial charge < -0.3 is 20.3 Å². The first-order chi connectivity index (χ1) is 18.1. The van der Waals surface area contributed by atoms with Crippen LogP contribution in [0.2, 0.25) is 0 Å². The average Bonchev–Trinajstić information content (AvgIpc) is 2.84. The zero-order valence-electron chi connectivity index (χ0n) is 24.9. The standard InChI is InChI=1S/C32H45N3O4/c1-11-21(3)26(34-30(38)39-32(8,9)10)29(37)35(31(5,6)7)27(24-18-15-17-23(12-2)20-24)28(36)33-25-19-14-13-16-22(25)4/h12-21,26-27H,2,11H2,1,3-10H3,(H,33,36)(H,34,38). The molecule has 0 aromatic heterocycles. The number of anilines is 1. The van der Waals surface area contributed by atoms with Crippen LogP contribution in [0, 0.1) is 12.8 Å². The maximum absolute atomic E-state index is 14.4. The topological polar surface area (TPSA) is 87.7 Å². The third kappa shape index (κ3) is 8.70. The van der Waals surface area contributed by atoms with Crippen molar-refractivity contribution in [3.05, 3.63) is 71.8 Å². The molecular formula is C32H45N3O4. The Bertz CT molecular complexity index is 1180. The van der Waals surface area contributed by atoms with E-state index in [0.717, 1.165) is 11.1 Å². The summed E-state index contributed by atoms with van der Waals surface area (Å²) in [5, 5.41) is 5.84. The van der Waals surface area contributed by atoms with Gasteiger partial charge >= 0.3 is 6.09 Å². The number of ether oxygens (including phenoxy) is 1. The van der Waals surface area contributed by atoms with E-state index >= 15 is 0 Å². The van der Waals surface area contributed by atoms with Crippen LogP contribution in [0.1, 0.15) is 84.5 Å². The first kappa shape index (κ1) is 31.6. The lowest BCUT2D eigenvalue weighted by molar-refractivity contribution is -0.147. The lowest BCUT2D eigenvalue weighted by Crippen LogP contribution is -2.59. The van der Waals surface area contributed by atoms with E-state index < -0.39 is 29.3 Å². The third-order valence-corrected chi connectivity index (χ3v) is 6.48. The summed E-state index contributed by atoms with van der Waals surface area (Å²) in [7, 11) is 0. The molecule has 3 atom stereocenters. The molecule has 3 unspecified atom stereocenters. The number of carbonyl (C=O) groups excluding carboxylic acids is 3. The number of rotatable bonds is 9. The molecule has 0 saturated carbocycles. The number of amides is 3. The minimum absolute atomic E-state index is 0.213. The number of nitrogens with zero attached hydrogens (tertiary/aromatic N) is 1. The van der Waals surface area contributed by atoms with Gasteiger partial charge in [-0.3, -0.25) is 9.59 Å². The van der Waals surface area contributed by atoms with Crippen molar-refractivity contribution >= 4 is 29.7 Å². The minimum atomic E-state index is -0.982. The van der Waals surface area contributed by atoms with Gasteiger partial charge in [-0.1, -0.05) is 69.3 Å². The molecule has 0 radical (unpaired) electrons. The van der Waals surface area contributed by atoms with Gasteiger partial charge in [0.2, 0.25) is 5.91 Å². The average molecular weight is 536 g/mol. The van der Waals surface area contributed by atoms with Crippen LogP contribution in [-0.2, 0) is 14.3 Å². The summed E-state index contributed by atoms with van der Waals surface area (Å²) in [4.78, 5) is 42.9. The molecule has 39 heavy (non-hydrogen) atoms. The maximum Gasteiger partial charge on any atom is 0.408 e. The van der Waals surface area contributed by atoms with Crippen molar-refractivity contribution in [2.75, 3.05) is 5.32 Å². The number of carbonyl (C=O) groups is 3. The van der Waals surface area contributed by atoms with E-state index in [1.807, 2.05) is 90.1 Å². The molecular weight excluding hydrogens is 490 g/mol. The van der Waals surface area contributed by atoms with Gasteiger partial charge in [0.15, 0.2) is 0 Å². The van der Waals surface area contributed by atoms with Gasteiger partial charge in [0.1, 0.15) is 17.7 Å². The number of alkyl carbamates (subject to hydrolysis) is 1. The fourth-order valence-electron chi connectivity index (χ4n) is 4.30. The third-order valence-electron chi connectivity index (χ3n) is 6.48. The Morgan fingerprint density at radius 2 is 1.67 bits per heavy atom. The van der Waals surface area contributed by atoms with Crippen LogP contribution in [0.3, 0.4) is 0 Å². The zero-order valence-corrected chi connectivity index (χ0v) is 24.9. The lowest BCUT2D eigenvalue weighted by Gasteiger charge is -2.44. The fraction of sp³-hybridized carbons (Fsp3) is 0.469. The molecule has 2 aromatic rings. The Hall–Kier alpha value is -3.61. The van der Waals surface area contributed by atoms with Crippen LogP contribution in [-0.4, -0.2) is 40.0 Å². The molecule has 0 saturated heterocycles.